The molecular formula is C20H20ClN3O3. The highest BCUT2D eigenvalue weighted by Crippen LogP contribution is 2.27. The quantitative estimate of drug-likeness (QED) is 0.554. The summed E-state index contributed by atoms with van der Waals surface area (Å²) in [5, 5.41) is 15.3. The third-order valence-electron chi connectivity index (χ3n) is 3.87. The van der Waals surface area contributed by atoms with Gasteiger partial charge in [0.15, 0.2) is 0 Å². The minimum Gasteiger partial charge on any atom is -0.497 e. The highest BCUT2D eigenvalue weighted by atomic mass is 35.5. The number of carbonyl (C=O) groups is 1. The molecular weight excluding hydrogens is 366 g/mol. The summed E-state index contributed by atoms with van der Waals surface area (Å²) >= 11 is 6.04. The first kappa shape index (κ1) is 20.1. The van der Waals surface area contributed by atoms with E-state index < -0.39 is 5.91 Å². The number of carbonyl (C=O) groups excluding carboxylic acids is 1. The van der Waals surface area contributed by atoms with Crippen LogP contribution in [0.5, 0.6) is 11.5 Å². The molecule has 0 heterocycles. The van der Waals surface area contributed by atoms with Gasteiger partial charge in [-0.3, -0.25) is 4.79 Å². The second-order valence-corrected chi connectivity index (χ2v) is 6.04. The Labute approximate surface area is 163 Å². The number of nitriles is 1. The van der Waals surface area contributed by atoms with E-state index in [0.717, 1.165) is 11.3 Å². The van der Waals surface area contributed by atoms with E-state index in [0.29, 0.717) is 16.5 Å². The largest absolute Gasteiger partial charge is 0.497 e. The highest BCUT2D eigenvalue weighted by molar-refractivity contribution is 6.32. The fourth-order valence-corrected chi connectivity index (χ4v) is 2.55. The number of benzene rings is 2. The molecule has 2 N–H and O–H groups in total. The molecule has 0 saturated heterocycles. The van der Waals surface area contributed by atoms with Gasteiger partial charge in [-0.2, -0.15) is 5.26 Å². The van der Waals surface area contributed by atoms with Crippen LogP contribution in [0.1, 0.15) is 18.5 Å². The molecule has 1 unspecified atom stereocenters. The minimum absolute atomic E-state index is 0.0534. The first-order valence-electron chi connectivity index (χ1n) is 8.13. The number of amides is 1. The van der Waals surface area contributed by atoms with E-state index in [9.17, 15) is 10.1 Å². The Balaban J connectivity index is 2.04. The Bertz CT molecular complexity index is 873. The second-order valence-electron chi connectivity index (χ2n) is 5.63. The molecule has 2 aromatic carbocycles. The third-order valence-corrected chi connectivity index (χ3v) is 4.16. The average molecular weight is 386 g/mol. The molecule has 2 aromatic rings. The fraction of sp³-hybridized carbons (Fsp3) is 0.200. The average Bonchev–Trinajstić information content (AvgIpc) is 2.68. The highest BCUT2D eigenvalue weighted by Gasteiger charge is 2.12. The predicted molar refractivity (Wildman–Crippen MR) is 105 cm³/mol. The number of hydrogen-bond acceptors (Lipinski definition) is 5. The maximum Gasteiger partial charge on any atom is 0.267 e. The summed E-state index contributed by atoms with van der Waals surface area (Å²) in [6, 6.07) is 14.2. The van der Waals surface area contributed by atoms with Crippen molar-refractivity contribution in [3.63, 3.8) is 0 Å². The molecule has 27 heavy (non-hydrogen) atoms. The van der Waals surface area contributed by atoms with E-state index in [2.05, 4.69) is 10.6 Å². The summed E-state index contributed by atoms with van der Waals surface area (Å²) in [5.41, 5.74) is 1.41. The van der Waals surface area contributed by atoms with Crippen LogP contribution < -0.4 is 20.1 Å². The molecule has 1 atom stereocenters. The zero-order valence-corrected chi connectivity index (χ0v) is 16.0. The standard InChI is InChI=1S/C20H20ClN3O3/c1-13(14-4-7-17(26-2)8-5-14)23-12-15(11-22)20(25)24-16-6-9-19(27-3)18(21)10-16/h4-10,12-13,23H,1-3H3,(H,24,25)/b15-12-. The second kappa shape index (κ2) is 9.51. The summed E-state index contributed by atoms with van der Waals surface area (Å²) in [6.07, 6.45) is 1.40. The summed E-state index contributed by atoms with van der Waals surface area (Å²) < 4.78 is 10.2. The van der Waals surface area contributed by atoms with Crippen molar-refractivity contribution in [2.24, 2.45) is 0 Å². The zero-order valence-electron chi connectivity index (χ0n) is 15.2. The molecule has 0 aliphatic carbocycles. The van der Waals surface area contributed by atoms with Crippen LogP contribution >= 0.6 is 11.6 Å². The molecule has 6 nitrogen and oxygen atoms in total. The SMILES string of the molecule is COc1ccc(C(C)N/C=C(/C#N)C(=O)Nc2ccc(OC)c(Cl)c2)cc1. The summed E-state index contributed by atoms with van der Waals surface area (Å²) in [5.74, 6) is 0.727. The van der Waals surface area contributed by atoms with Crippen molar-refractivity contribution in [3.05, 3.63) is 64.8 Å². The maximum atomic E-state index is 12.3. The molecule has 0 spiro atoms. The summed E-state index contributed by atoms with van der Waals surface area (Å²) in [6.45, 7) is 1.93. The number of halogens is 1. The lowest BCUT2D eigenvalue weighted by Crippen LogP contribution is -2.18. The van der Waals surface area contributed by atoms with Gasteiger partial charge >= 0.3 is 0 Å². The van der Waals surface area contributed by atoms with Crippen molar-refractivity contribution in [1.29, 1.82) is 5.26 Å². The van der Waals surface area contributed by atoms with E-state index in [1.165, 1.54) is 13.3 Å². The van der Waals surface area contributed by atoms with E-state index in [-0.39, 0.29) is 11.6 Å². The number of ether oxygens (including phenoxy) is 2. The Hall–Kier alpha value is -3.17. The Morgan fingerprint density at radius 2 is 1.89 bits per heavy atom. The lowest BCUT2D eigenvalue weighted by atomic mass is 10.1. The van der Waals surface area contributed by atoms with Crippen molar-refractivity contribution in [3.8, 4) is 17.6 Å². The molecule has 0 bridgehead atoms. The van der Waals surface area contributed by atoms with Crippen LogP contribution in [-0.2, 0) is 4.79 Å². The van der Waals surface area contributed by atoms with Crippen LogP contribution in [0.4, 0.5) is 5.69 Å². The van der Waals surface area contributed by atoms with Gasteiger partial charge in [-0.25, -0.2) is 0 Å². The maximum absolute atomic E-state index is 12.3. The molecule has 0 radical (unpaired) electrons. The van der Waals surface area contributed by atoms with Crippen LogP contribution in [0.3, 0.4) is 0 Å². The van der Waals surface area contributed by atoms with Gasteiger partial charge in [-0.1, -0.05) is 23.7 Å². The van der Waals surface area contributed by atoms with Crippen LogP contribution in [-0.4, -0.2) is 20.1 Å². The Kier molecular flexibility index (Phi) is 7.09. The molecule has 1 amide bonds. The van der Waals surface area contributed by atoms with E-state index >= 15 is 0 Å². The normalized spacial score (nSPS) is 11.9. The topological polar surface area (TPSA) is 83.4 Å². The first-order valence-corrected chi connectivity index (χ1v) is 8.51. The molecule has 0 saturated carbocycles. The van der Waals surface area contributed by atoms with E-state index in [1.54, 1.807) is 25.3 Å². The van der Waals surface area contributed by atoms with Gasteiger partial charge in [0.1, 0.15) is 23.1 Å². The van der Waals surface area contributed by atoms with Gasteiger partial charge in [-0.15, -0.1) is 0 Å². The van der Waals surface area contributed by atoms with Crippen LogP contribution in [0.2, 0.25) is 5.02 Å². The lowest BCUT2D eigenvalue weighted by molar-refractivity contribution is -0.112. The predicted octanol–water partition coefficient (Wildman–Crippen LogP) is 4.05. The van der Waals surface area contributed by atoms with Gasteiger partial charge in [0.2, 0.25) is 0 Å². The smallest absolute Gasteiger partial charge is 0.267 e. The van der Waals surface area contributed by atoms with Gasteiger partial charge < -0.3 is 20.1 Å². The monoisotopic (exact) mass is 385 g/mol. The van der Waals surface area contributed by atoms with Gasteiger partial charge in [0.25, 0.3) is 5.91 Å². The zero-order chi connectivity index (χ0) is 19.8. The number of anilines is 1. The molecule has 0 fully saturated rings. The molecule has 7 heteroatoms. The van der Waals surface area contributed by atoms with Gasteiger partial charge in [0.05, 0.1) is 19.2 Å². The van der Waals surface area contributed by atoms with Crippen molar-refractivity contribution >= 4 is 23.2 Å². The number of hydrogen-bond donors (Lipinski definition) is 2. The third kappa shape index (κ3) is 5.40. The van der Waals surface area contributed by atoms with Crippen LogP contribution in [0, 0.1) is 11.3 Å². The number of rotatable bonds is 7. The van der Waals surface area contributed by atoms with Crippen LogP contribution in [0.25, 0.3) is 0 Å². The Morgan fingerprint density at radius 1 is 1.19 bits per heavy atom. The van der Waals surface area contributed by atoms with Crippen molar-refractivity contribution < 1.29 is 14.3 Å². The summed E-state index contributed by atoms with van der Waals surface area (Å²) in [7, 11) is 3.11. The van der Waals surface area contributed by atoms with Gasteiger partial charge in [0, 0.05) is 17.9 Å². The number of nitrogens with one attached hydrogen (secondary N) is 2. The minimum atomic E-state index is -0.534. The molecule has 2 rings (SSSR count). The lowest BCUT2D eigenvalue weighted by Gasteiger charge is -2.13. The van der Waals surface area contributed by atoms with E-state index in [4.69, 9.17) is 21.1 Å². The number of nitrogens with zero attached hydrogens (tertiary/aromatic N) is 1. The fourth-order valence-electron chi connectivity index (χ4n) is 2.29. The van der Waals surface area contributed by atoms with Crippen LogP contribution in [0.15, 0.2) is 54.2 Å². The van der Waals surface area contributed by atoms with Crippen molar-refractivity contribution in [1.82, 2.24) is 5.32 Å². The van der Waals surface area contributed by atoms with Crippen molar-refractivity contribution in [2.45, 2.75) is 13.0 Å². The first-order chi connectivity index (χ1) is 13.0. The molecule has 0 aliphatic rings. The van der Waals surface area contributed by atoms with E-state index in [1.807, 2.05) is 37.3 Å². The number of methoxy groups -OCH3 is 2. The Morgan fingerprint density at radius 3 is 2.44 bits per heavy atom. The molecule has 0 aromatic heterocycles. The van der Waals surface area contributed by atoms with Gasteiger partial charge in [-0.05, 0) is 42.8 Å². The van der Waals surface area contributed by atoms with Crippen molar-refractivity contribution in [2.75, 3.05) is 19.5 Å². The summed E-state index contributed by atoms with van der Waals surface area (Å²) in [4.78, 5) is 12.3. The molecule has 140 valence electrons. The molecule has 0 aliphatic heterocycles.